The van der Waals surface area contributed by atoms with Crippen molar-refractivity contribution in [3.63, 3.8) is 0 Å². The molecular formula is C12H19N3O. The van der Waals surface area contributed by atoms with Crippen LogP contribution in [0.2, 0.25) is 0 Å². The minimum absolute atomic E-state index is 0.249. The molecule has 0 aliphatic carbocycles. The van der Waals surface area contributed by atoms with Crippen LogP contribution in [0.4, 0.5) is 0 Å². The second kappa shape index (κ2) is 4.47. The van der Waals surface area contributed by atoms with Crippen molar-refractivity contribution in [2.45, 2.75) is 38.3 Å². The first-order chi connectivity index (χ1) is 7.62. The lowest BCUT2D eigenvalue weighted by atomic mass is 9.91. The summed E-state index contributed by atoms with van der Waals surface area (Å²) in [5, 5.41) is 10.4. The molecule has 1 aromatic heterocycles. The SMILES string of the molecule is CC(C)(C(O)c1cncnc1)N1CCCC1. The molecule has 1 aliphatic rings. The summed E-state index contributed by atoms with van der Waals surface area (Å²) in [6.45, 7) is 6.29. The van der Waals surface area contributed by atoms with Crippen LogP contribution in [0.1, 0.15) is 38.4 Å². The highest BCUT2D eigenvalue weighted by Gasteiger charge is 2.36. The van der Waals surface area contributed by atoms with E-state index in [1.165, 1.54) is 19.2 Å². The number of aromatic nitrogens is 2. The van der Waals surface area contributed by atoms with E-state index >= 15 is 0 Å². The minimum Gasteiger partial charge on any atom is -0.386 e. The second-order valence-corrected chi connectivity index (χ2v) is 4.92. The summed E-state index contributed by atoms with van der Waals surface area (Å²) < 4.78 is 0. The van der Waals surface area contributed by atoms with E-state index in [0.29, 0.717) is 0 Å². The van der Waals surface area contributed by atoms with Gasteiger partial charge in [0.05, 0.1) is 6.10 Å². The fraction of sp³-hybridized carbons (Fsp3) is 0.667. The van der Waals surface area contributed by atoms with Crippen molar-refractivity contribution in [3.8, 4) is 0 Å². The Labute approximate surface area is 96.3 Å². The van der Waals surface area contributed by atoms with E-state index < -0.39 is 6.10 Å². The quantitative estimate of drug-likeness (QED) is 0.838. The van der Waals surface area contributed by atoms with Crippen LogP contribution >= 0.6 is 0 Å². The van der Waals surface area contributed by atoms with Gasteiger partial charge in [0, 0.05) is 23.5 Å². The van der Waals surface area contributed by atoms with Gasteiger partial charge in [0.2, 0.25) is 0 Å². The molecule has 1 saturated heterocycles. The van der Waals surface area contributed by atoms with Gasteiger partial charge >= 0.3 is 0 Å². The lowest BCUT2D eigenvalue weighted by molar-refractivity contribution is 0.000927. The fourth-order valence-corrected chi connectivity index (χ4v) is 2.33. The van der Waals surface area contributed by atoms with E-state index in [-0.39, 0.29) is 5.54 Å². The first kappa shape index (κ1) is 11.5. The van der Waals surface area contributed by atoms with E-state index in [4.69, 9.17) is 0 Å². The third kappa shape index (κ3) is 2.08. The summed E-state index contributed by atoms with van der Waals surface area (Å²) in [4.78, 5) is 10.3. The molecule has 1 unspecified atom stereocenters. The molecule has 0 saturated carbocycles. The molecule has 16 heavy (non-hydrogen) atoms. The zero-order valence-electron chi connectivity index (χ0n) is 9.93. The monoisotopic (exact) mass is 221 g/mol. The largest absolute Gasteiger partial charge is 0.386 e. The summed E-state index contributed by atoms with van der Waals surface area (Å²) >= 11 is 0. The number of hydrogen-bond acceptors (Lipinski definition) is 4. The smallest absolute Gasteiger partial charge is 0.115 e. The van der Waals surface area contributed by atoms with Crippen LogP contribution in [0.3, 0.4) is 0 Å². The maximum Gasteiger partial charge on any atom is 0.115 e. The Bertz CT molecular complexity index is 333. The molecule has 1 aliphatic heterocycles. The van der Waals surface area contributed by atoms with Crippen LogP contribution in [0, 0.1) is 0 Å². The molecule has 0 aromatic carbocycles. The van der Waals surface area contributed by atoms with Gasteiger partial charge in [-0.25, -0.2) is 9.97 Å². The Kier molecular flexibility index (Phi) is 3.21. The van der Waals surface area contributed by atoms with Crippen LogP contribution < -0.4 is 0 Å². The number of aliphatic hydroxyl groups is 1. The minimum atomic E-state index is -0.535. The highest BCUT2D eigenvalue weighted by atomic mass is 16.3. The first-order valence-corrected chi connectivity index (χ1v) is 5.80. The van der Waals surface area contributed by atoms with E-state index in [0.717, 1.165) is 18.7 Å². The van der Waals surface area contributed by atoms with Crippen LogP contribution in [-0.4, -0.2) is 38.6 Å². The Morgan fingerprint density at radius 1 is 1.25 bits per heavy atom. The summed E-state index contributed by atoms with van der Waals surface area (Å²) in [6.07, 6.45) is 6.78. The molecular weight excluding hydrogens is 202 g/mol. The average Bonchev–Trinajstić information content (AvgIpc) is 2.83. The summed E-state index contributed by atoms with van der Waals surface area (Å²) in [6, 6.07) is 0. The summed E-state index contributed by atoms with van der Waals surface area (Å²) in [5.41, 5.74) is 0.542. The van der Waals surface area contributed by atoms with Crippen molar-refractivity contribution in [1.29, 1.82) is 0 Å². The van der Waals surface area contributed by atoms with Gasteiger partial charge in [-0.1, -0.05) is 0 Å². The molecule has 1 N–H and O–H groups in total. The van der Waals surface area contributed by atoms with Crippen molar-refractivity contribution in [2.75, 3.05) is 13.1 Å². The van der Waals surface area contributed by atoms with E-state index in [9.17, 15) is 5.11 Å². The Balaban J connectivity index is 2.16. The number of likely N-dealkylation sites (tertiary alicyclic amines) is 1. The fourth-order valence-electron chi connectivity index (χ4n) is 2.33. The molecule has 1 aromatic rings. The zero-order valence-corrected chi connectivity index (χ0v) is 9.93. The van der Waals surface area contributed by atoms with Crippen LogP contribution in [0.15, 0.2) is 18.7 Å². The number of aliphatic hydroxyl groups excluding tert-OH is 1. The third-order valence-corrected chi connectivity index (χ3v) is 3.49. The second-order valence-electron chi connectivity index (χ2n) is 4.92. The lowest BCUT2D eigenvalue weighted by Gasteiger charge is -2.39. The highest BCUT2D eigenvalue weighted by molar-refractivity contribution is 5.13. The van der Waals surface area contributed by atoms with Gasteiger partial charge in [-0.3, -0.25) is 4.90 Å². The Morgan fingerprint density at radius 2 is 1.81 bits per heavy atom. The maximum atomic E-state index is 10.4. The molecule has 4 heteroatoms. The normalized spacial score (nSPS) is 19.9. The van der Waals surface area contributed by atoms with Gasteiger partial charge in [0.15, 0.2) is 0 Å². The van der Waals surface area contributed by atoms with Gasteiger partial charge in [-0.15, -0.1) is 0 Å². The molecule has 2 rings (SSSR count). The van der Waals surface area contributed by atoms with Gasteiger partial charge in [0.1, 0.15) is 6.33 Å². The average molecular weight is 221 g/mol. The molecule has 0 radical (unpaired) electrons. The van der Waals surface area contributed by atoms with E-state index in [1.807, 2.05) is 0 Å². The van der Waals surface area contributed by atoms with Crippen molar-refractivity contribution in [3.05, 3.63) is 24.3 Å². The van der Waals surface area contributed by atoms with Crippen LogP contribution in [0.5, 0.6) is 0 Å². The van der Waals surface area contributed by atoms with Crippen molar-refractivity contribution in [1.82, 2.24) is 14.9 Å². The maximum absolute atomic E-state index is 10.4. The predicted octanol–water partition coefficient (Wildman–Crippen LogP) is 1.38. The molecule has 1 fully saturated rings. The third-order valence-electron chi connectivity index (χ3n) is 3.49. The predicted molar refractivity (Wildman–Crippen MR) is 61.9 cm³/mol. The number of nitrogens with zero attached hydrogens (tertiary/aromatic N) is 3. The van der Waals surface area contributed by atoms with E-state index in [2.05, 4.69) is 28.7 Å². The van der Waals surface area contributed by atoms with Gasteiger partial charge in [-0.05, 0) is 39.8 Å². The standard InChI is InChI=1S/C12H19N3O/c1-12(2,15-5-3-4-6-15)11(16)10-7-13-9-14-8-10/h7-9,11,16H,3-6H2,1-2H3. The van der Waals surface area contributed by atoms with Gasteiger partial charge in [0.25, 0.3) is 0 Å². The first-order valence-electron chi connectivity index (χ1n) is 5.80. The Morgan fingerprint density at radius 3 is 2.38 bits per heavy atom. The van der Waals surface area contributed by atoms with E-state index in [1.54, 1.807) is 12.4 Å². The molecule has 88 valence electrons. The zero-order chi connectivity index (χ0) is 11.6. The molecule has 0 bridgehead atoms. The highest BCUT2D eigenvalue weighted by Crippen LogP contribution is 2.32. The van der Waals surface area contributed by atoms with Gasteiger partial charge < -0.3 is 5.11 Å². The van der Waals surface area contributed by atoms with Gasteiger partial charge in [-0.2, -0.15) is 0 Å². The van der Waals surface area contributed by atoms with Crippen molar-refractivity contribution >= 4 is 0 Å². The Hall–Kier alpha value is -1.00. The number of hydrogen-bond donors (Lipinski definition) is 1. The van der Waals surface area contributed by atoms with Crippen LogP contribution in [0.25, 0.3) is 0 Å². The molecule has 0 spiro atoms. The van der Waals surface area contributed by atoms with Crippen molar-refractivity contribution < 1.29 is 5.11 Å². The molecule has 0 amide bonds. The summed E-state index contributed by atoms with van der Waals surface area (Å²) in [7, 11) is 0. The van der Waals surface area contributed by atoms with Crippen LogP contribution in [-0.2, 0) is 0 Å². The van der Waals surface area contributed by atoms with Crippen molar-refractivity contribution in [2.24, 2.45) is 0 Å². The topological polar surface area (TPSA) is 49.3 Å². The molecule has 4 nitrogen and oxygen atoms in total. The molecule has 2 heterocycles. The summed E-state index contributed by atoms with van der Waals surface area (Å²) in [5.74, 6) is 0. The molecule has 1 atom stereocenters. The lowest BCUT2D eigenvalue weighted by Crippen LogP contribution is -2.46. The number of rotatable bonds is 3.